The predicted molar refractivity (Wildman–Crippen MR) is 81.4 cm³/mol. The summed E-state index contributed by atoms with van der Waals surface area (Å²) in [6.07, 6.45) is 0. The molecule has 0 aliphatic carbocycles. The van der Waals surface area contributed by atoms with E-state index in [2.05, 4.69) is 5.32 Å². The van der Waals surface area contributed by atoms with Crippen LogP contribution in [0.5, 0.6) is 0 Å². The maximum atomic E-state index is 14.0. The van der Waals surface area contributed by atoms with Gasteiger partial charge in [0.15, 0.2) is 0 Å². The fraction of sp³-hybridized carbons (Fsp3) is 0.294. The van der Waals surface area contributed by atoms with E-state index in [1.807, 2.05) is 11.8 Å². The molecule has 2 aromatic rings. The first-order chi connectivity index (χ1) is 10.6. The van der Waals surface area contributed by atoms with Gasteiger partial charge in [-0.25, -0.2) is 13.2 Å². The molecule has 3 rings (SSSR count). The number of benzene rings is 2. The highest BCUT2D eigenvalue weighted by molar-refractivity contribution is 5.70. The van der Waals surface area contributed by atoms with Crippen LogP contribution in [0.2, 0.25) is 0 Å². The van der Waals surface area contributed by atoms with E-state index in [4.69, 9.17) is 0 Å². The third kappa shape index (κ3) is 2.81. The highest BCUT2D eigenvalue weighted by Crippen LogP contribution is 2.31. The lowest BCUT2D eigenvalue weighted by Gasteiger charge is -2.36. The minimum atomic E-state index is -0.690. The summed E-state index contributed by atoms with van der Waals surface area (Å²) < 4.78 is 41.8. The molecule has 2 nitrogen and oxygen atoms in total. The third-order valence-corrected chi connectivity index (χ3v) is 3.97. The van der Waals surface area contributed by atoms with Gasteiger partial charge < -0.3 is 10.2 Å². The number of anilines is 1. The molecular formula is C17H17F3N2. The Hall–Kier alpha value is -2.01. The molecule has 1 unspecified atom stereocenters. The second-order valence-electron chi connectivity index (χ2n) is 5.54. The van der Waals surface area contributed by atoms with Crippen molar-refractivity contribution in [3.05, 3.63) is 53.8 Å². The summed E-state index contributed by atoms with van der Waals surface area (Å²) in [6.45, 7) is 4.34. The van der Waals surface area contributed by atoms with Gasteiger partial charge in [0.2, 0.25) is 0 Å². The molecule has 5 heteroatoms. The molecule has 1 atom stereocenters. The van der Waals surface area contributed by atoms with Crippen LogP contribution in [0.3, 0.4) is 0 Å². The third-order valence-electron chi connectivity index (χ3n) is 3.97. The van der Waals surface area contributed by atoms with E-state index in [9.17, 15) is 13.2 Å². The van der Waals surface area contributed by atoms with Gasteiger partial charge in [0, 0.05) is 31.4 Å². The molecule has 0 radical (unpaired) electrons. The van der Waals surface area contributed by atoms with E-state index in [1.54, 1.807) is 6.07 Å². The summed E-state index contributed by atoms with van der Waals surface area (Å²) in [5.74, 6) is -1.88. The summed E-state index contributed by atoms with van der Waals surface area (Å²) in [7, 11) is 0. The highest BCUT2D eigenvalue weighted by Gasteiger charge is 2.20. The highest BCUT2D eigenvalue weighted by atomic mass is 19.1. The van der Waals surface area contributed by atoms with Crippen molar-refractivity contribution in [2.75, 3.05) is 24.5 Å². The summed E-state index contributed by atoms with van der Waals surface area (Å²) in [5, 5.41) is 3.26. The standard InChI is InChI=1S/C17H17F3N2/c1-11-10-21-5-6-22(11)14-8-12(7-13(18)9-14)17-15(19)3-2-4-16(17)20/h2-4,7-9,11,21H,5-6,10H2,1H3. The molecule has 1 saturated heterocycles. The summed E-state index contributed by atoms with van der Waals surface area (Å²) >= 11 is 0. The Balaban J connectivity index is 2.07. The van der Waals surface area contributed by atoms with Gasteiger partial charge >= 0.3 is 0 Å². The molecule has 1 fully saturated rings. The number of hydrogen-bond donors (Lipinski definition) is 1. The maximum absolute atomic E-state index is 14.0. The van der Waals surface area contributed by atoms with Gasteiger partial charge in [-0.2, -0.15) is 0 Å². The average molecular weight is 306 g/mol. The number of piperazine rings is 1. The molecule has 0 aromatic heterocycles. The fourth-order valence-electron chi connectivity index (χ4n) is 2.88. The predicted octanol–water partition coefficient (Wildman–Crippen LogP) is 3.57. The minimum Gasteiger partial charge on any atom is -0.366 e. The zero-order chi connectivity index (χ0) is 15.7. The van der Waals surface area contributed by atoms with Crippen LogP contribution in [0.4, 0.5) is 18.9 Å². The lowest BCUT2D eigenvalue weighted by molar-refractivity contribution is 0.499. The van der Waals surface area contributed by atoms with Gasteiger partial charge in [-0.15, -0.1) is 0 Å². The smallest absolute Gasteiger partial charge is 0.133 e. The van der Waals surface area contributed by atoms with Crippen molar-refractivity contribution in [3.63, 3.8) is 0 Å². The SMILES string of the molecule is CC1CNCCN1c1cc(F)cc(-c2c(F)cccc2F)c1. The van der Waals surface area contributed by atoms with Crippen LogP contribution in [0.1, 0.15) is 6.92 Å². The number of nitrogens with one attached hydrogen (secondary N) is 1. The second-order valence-corrected chi connectivity index (χ2v) is 5.54. The Kier molecular flexibility index (Phi) is 4.07. The number of rotatable bonds is 2. The zero-order valence-electron chi connectivity index (χ0n) is 12.2. The number of nitrogens with zero attached hydrogens (tertiary/aromatic N) is 1. The van der Waals surface area contributed by atoms with Crippen molar-refractivity contribution < 1.29 is 13.2 Å². The normalized spacial score (nSPS) is 18.5. The van der Waals surface area contributed by atoms with Crippen molar-refractivity contribution >= 4 is 5.69 Å². The van der Waals surface area contributed by atoms with E-state index >= 15 is 0 Å². The topological polar surface area (TPSA) is 15.3 Å². The quantitative estimate of drug-likeness (QED) is 0.912. The molecule has 0 amide bonds. The van der Waals surface area contributed by atoms with Gasteiger partial charge in [-0.1, -0.05) is 6.07 Å². The number of hydrogen-bond acceptors (Lipinski definition) is 2. The van der Waals surface area contributed by atoms with Crippen LogP contribution < -0.4 is 10.2 Å². The molecule has 0 spiro atoms. The van der Waals surface area contributed by atoms with Crippen molar-refractivity contribution in [2.45, 2.75) is 13.0 Å². The molecule has 0 saturated carbocycles. The monoisotopic (exact) mass is 306 g/mol. The second kappa shape index (κ2) is 6.01. The van der Waals surface area contributed by atoms with Gasteiger partial charge in [-0.05, 0) is 42.8 Å². The van der Waals surface area contributed by atoms with Crippen molar-refractivity contribution in [1.82, 2.24) is 5.32 Å². The molecule has 1 aliphatic heterocycles. The first-order valence-electron chi connectivity index (χ1n) is 7.28. The maximum Gasteiger partial charge on any atom is 0.133 e. The largest absolute Gasteiger partial charge is 0.366 e. The first-order valence-corrected chi connectivity index (χ1v) is 7.28. The summed E-state index contributed by atoms with van der Waals surface area (Å²) in [4.78, 5) is 2.04. The Labute approximate surface area is 127 Å². The van der Waals surface area contributed by atoms with Crippen LogP contribution in [0.15, 0.2) is 36.4 Å². The van der Waals surface area contributed by atoms with Gasteiger partial charge in [-0.3, -0.25) is 0 Å². The Morgan fingerprint density at radius 3 is 2.50 bits per heavy atom. The van der Waals surface area contributed by atoms with Crippen LogP contribution in [0.25, 0.3) is 11.1 Å². The average Bonchev–Trinajstić information content (AvgIpc) is 2.47. The fourth-order valence-corrected chi connectivity index (χ4v) is 2.88. The number of halogens is 3. The van der Waals surface area contributed by atoms with Crippen LogP contribution in [-0.4, -0.2) is 25.7 Å². The van der Waals surface area contributed by atoms with Crippen molar-refractivity contribution in [2.24, 2.45) is 0 Å². The molecule has 2 aromatic carbocycles. The molecule has 116 valence electrons. The molecule has 0 bridgehead atoms. The van der Waals surface area contributed by atoms with Gasteiger partial charge in [0.25, 0.3) is 0 Å². The van der Waals surface area contributed by atoms with Crippen LogP contribution >= 0.6 is 0 Å². The Bertz CT molecular complexity index is 667. The van der Waals surface area contributed by atoms with Crippen molar-refractivity contribution in [1.29, 1.82) is 0 Å². The van der Waals surface area contributed by atoms with Crippen molar-refractivity contribution in [3.8, 4) is 11.1 Å². The molecule has 22 heavy (non-hydrogen) atoms. The Morgan fingerprint density at radius 2 is 1.82 bits per heavy atom. The molecule has 1 N–H and O–H groups in total. The van der Waals surface area contributed by atoms with E-state index in [-0.39, 0.29) is 17.2 Å². The lowest BCUT2D eigenvalue weighted by Crippen LogP contribution is -2.49. The molecule has 1 heterocycles. The van der Waals surface area contributed by atoms with E-state index in [1.165, 1.54) is 24.3 Å². The summed E-state index contributed by atoms with van der Waals surface area (Å²) in [6, 6.07) is 8.06. The Morgan fingerprint density at radius 1 is 1.09 bits per heavy atom. The van der Waals surface area contributed by atoms with Crippen LogP contribution in [0, 0.1) is 17.5 Å². The van der Waals surface area contributed by atoms with Gasteiger partial charge in [0.05, 0.1) is 5.56 Å². The minimum absolute atomic E-state index is 0.189. The molecule has 1 aliphatic rings. The summed E-state index contributed by atoms with van der Waals surface area (Å²) in [5.41, 5.74) is 0.675. The van der Waals surface area contributed by atoms with E-state index in [0.717, 1.165) is 25.7 Å². The van der Waals surface area contributed by atoms with E-state index in [0.29, 0.717) is 5.69 Å². The zero-order valence-corrected chi connectivity index (χ0v) is 12.2. The van der Waals surface area contributed by atoms with E-state index < -0.39 is 17.5 Å². The molecular weight excluding hydrogens is 289 g/mol. The first kappa shape index (κ1) is 14.9. The van der Waals surface area contributed by atoms with Gasteiger partial charge in [0.1, 0.15) is 17.5 Å². The van der Waals surface area contributed by atoms with Crippen LogP contribution in [-0.2, 0) is 0 Å². The lowest BCUT2D eigenvalue weighted by atomic mass is 10.0.